The standard InChI is InChI=1S/C11H10N2O2S/c12-9-3-1-2-8(10(9)14)11(15)13-7-4-5-16-6-7/h1-6,14H,12H2,(H,13,15). The van der Waals surface area contributed by atoms with E-state index in [1.165, 1.54) is 23.5 Å². The summed E-state index contributed by atoms with van der Waals surface area (Å²) in [6, 6.07) is 6.47. The Balaban J connectivity index is 2.24. The van der Waals surface area contributed by atoms with E-state index in [1.54, 1.807) is 17.5 Å². The van der Waals surface area contributed by atoms with Crippen molar-refractivity contribution in [1.82, 2.24) is 0 Å². The van der Waals surface area contributed by atoms with Crippen LogP contribution in [0.3, 0.4) is 0 Å². The number of carbonyl (C=O) groups excluding carboxylic acids is 1. The molecule has 1 amide bonds. The molecule has 1 heterocycles. The van der Waals surface area contributed by atoms with Gasteiger partial charge in [-0.2, -0.15) is 11.3 Å². The summed E-state index contributed by atoms with van der Waals surface area (Å²) in [5, 5.41) is 15.9. The van der Waals surface area contributed by atoms with Crippen molar-refractivity contribution in [2.45, 2.75) is 0 Å². The van der Waals surface area contributed by atoms with Crippen LogP contribution in [0.25, 0.3) is 0 Å². The number of hydrogen-bond acceptors (Lipinski definition) is 4. The highest BCUT2D eigenvalue weighted by Crippen LogP contribution is 2.25. The molecule has 2 aromatic rings. The first-order valence-corrected chi connectivity index (χ1v) is 5.54. The Labute approximate surface area is 96.3 Å². The van der Waals surface area contributed by atoms with Gasteiger partial charge < -0.3 is 16.2 Å². The molecule has 82 valence electrons. The fourth-order valence-electron chi connectivity index (χ4n) is 1.28. The molecule has 0 saturated carbocycles. The number of nitrogen functional groups attached to an aromatic ring is 1. The van der Waals surface area contributed by atoms with Crippen LogP contribution in [-0.2, 0) is 0 Å². The molecule has 0 aliphatic carbocycles. The lowest BCUT2D eigenvalue weighted by molar-refractivity contribution is 0.102. The third-order valence-corrected chi connectivity index (χ3v) is 2.77. The fraction of sp³-hybridized carbons (Fsp3) is 0. The Morgan fingerprint density at radius 1 is 1.38 bits per heavy atom. The van der Waals surface area contributed by atoms with E-state index < -0.39 is 0 Å². The van der Waals surface area contributed by atoms with Crippen LogP contribution in [0.2, 0.25) is 0 Å². The van der Waals surface area contributed by atoms with Crippen LogP contribution in [0.15, 0.2) is 35.0 Å². The van der Waals surface area contributed by atoms with E-state index in [2.05, 4.69) is 5.32 Å². The summed E-state index contributed by atoms with van der Waals surface area (Å²) >= 11 is 1.48. The van der Waals surface area contributed by atoms with Gasteiger partial charge in [0.15, 0.2) is 5.75 Å². The Hall–Kier alpha value is -2.01. The average molecular weight is 234 g/mol. The normalized spacial score (nSPS) is 10.0. The number of thiophene rings is 1. The van der Waals surface area contributed by atoms with Crippen molar-refractivity contribution in [3.63, 3.8) is 0 Å². The van der Waals surface area contributed by atoms with Crippen molar-refractivity contribution >= 4 is 28.6 Å². The molecule has 0 bridgehead atoms. The molecular formula is C11H10N2O2S. The minimum Gasteiger partial charge on any atom is -0.505 e. The molecule has 0 radical (unpaired) electrons. The Kier molecular flexibility index (Phi) is 2.78. The minimum absolute atomic E-state index is 0.172. The van der Waals surface area contributed by atoms with Gasteiger partial charge in [-0.1, -0.05) is 6.07 Å². The lowest BCUT2D eigenvalue weighted by Gasteiger charge is -2.06. The number of para-hydroxylation sites is 1. The summed E-state index contributed by atoms with van der Waals surface area (Å²) in [4.78, 5) is 11.8. The third kappa shape index (κ3) is 1.99. The van der Waals surface area contributed by atoms with E-state index in [-0.39, 0.29) is 22.9 Å². The maximum atomic E-state index is 11.8. The topological polar surface area (TPSA) is 75.4 Å². The van der Waals surface area contributed by atoms with Crippen LogP contribution < -0.4 is 11.1 Å². The molecule has 5 heteroatoms. The van der Waals surface area contributed by atoms with Gasteiger partial charge in [-0.3, -0.25) is 4.79 Å². The van der Waals surface area contributed by atoms with Crippen LogP contribution in [0.5, 0.6) is 5.75 Å². The highest BCUT2D eigenvalue weighted by atomic mass is 32.1. The monoisotopic (exact) mass is 234 g/mol. The summed E-state index contributed by atoms with van der Waals surface area (Å²) < 4.78 is 0. The smallest absolute Gasteiger partial charge is 0.259 e. The molecule has 0 unspecified atom stereocenters. The summed E-state index contributed by atoms with van der Waals surface area (Å²) in [5.41, 5.74) is 6.57. The van der Waals surface area contributed by atoms with Crippen molar-refractivity contribution in [3.05, 3.63) is 40.6 Å². The van der Waals surface area contributed by atoms with Crippen molar-refractivity contribution in [3.8, 4) is 5.75 Å². The van der Waals surface area contributed by atoms with E-state index in [4.69, 9.17) is 5.73 Å². The van der Waals surface area contributed by atoms with Gasteiger partial charge in [0.2, 0.25) is 0 Å². The van der Waals surface area contributed by atoms with Crippen LogP contribution in [0, 0.1) is 0 Å². The highest BCUT2D eigenvalue weighted by Gasteiger charge is 2.12. The lowest BCUT2D eigenvalue weighted by Crippen LogP contribution is -2.11. The van der Waals surface area contributed by atoms with Crippen LogP contribution in [0.4, 0.5) is 11.4 Å². The van der Waals surface area contributed by atoms with Gasteiger partial charge >= 0.3 is 0 Å². The number of phenolic OH excluding ortho intramolecular Hbond substituents is 1. The van der Waals surface area contributed by atoms with E-state index in [0.29, 0.717) is 5.69 Å². The number of nitrogens with two attached hydrogens (primary N) is 1. The van der Waals surface area contributed by atoms with Crippen LogP contribution in [-0.4, -0.2) is 11.0 Å². The second kappa shape index (κ2) is 4.24. The maximum Gasteiger partial charge on any atom is 0.259 e. The highest BCUT2D eigenvalue weighted by molar-refractivity contribution is 7.08. The van der Waals surface area contributed by atoms with Crippen LogP contribution >= 0.6 is 11.3 Å². The second-order valence-electron chi connectivity index (χ2n) is 3.21. The van der Waals surface area contributed by atoms with Gasteiger partial charge in [0.05, 0.1) is 16.9 Å². The first-order chi connectivity index (χ1) is 7.68. The summed E-state index contributed by atoms with van der Waals surface area (Å²) in [6.45, 7) is 0. The number of benzene rings is 1. The lowest BCUT2D eigenvalue weighted by atomic mass is 10.1. The first kappa shape index (κ1) is 10.5. The summed E-state index contributed by atoms with van der Waals surface area (Å²) in [5.74, 6) is -0.557. The van der Waals surface area contributed by atoms with E-state index in [0.717, 1.165) is 0 Å². The molecule has 16 heavy (non-hydrogen) atoms. The molecule has 2 rings (SSSR count). The second-order valence-corrected chi connectivity index (χ2v) is 3.99. The zero-order chi connectivity index (χ0) is 11.5. The molecule has 0 atom stereocenters. The Morgan fingerprint density at radius 2 is 2.19 bits per heavy atom. The van der Waals surface area contributed by atoms with Crippen molar-refractivity contribution < 1.29 is 9.90 Å². The van der Waals surface area contributed by atoms with E-state index in [1.807, 2.05) is 5.38 Å². The first-order valence-electron chi connectivity index (χ1n) is 4.59. The summed E-state index contributed by atoms with van der Waals surface area (Å²) in [7, 11) is 0. The molecule has 4 N–H and O–H groups in total. The predicted octanol–water partition coefficient (Wildman–Crippen LogP) is 2.29. The van der Waals surface area contributed by atoms with E-state index >= 15 is 0 Å². The van der Waals surface area contributed by atoms with Gasteiger partial charge in [-0.05, 0) is 23.6 Å². The zero-order valence-electron chi connectivity index (χ0n) is 8.31. The van der Waals surface area contributed by atoms with Crippen LogP contribution in [0.1, 0.15) is 10.4 Å². The fourth-order valence-corrected chi connectivity index (χ4v) is 1.87. The number of hydrogen-bond donors (Lipinski definition) is 3. The molecule has 0 aliphatic heterocycles. The van der Waals surface area contributed by atoms with Gasteiger partial charge in [-0.15, -0.1) is 0 Å². The maximum absolute atomic E-state index is 11.8. The molecule has 4 nitrogen and oxygen atoms in total. The molecular weight excluding hydrogens is 224 g/mol. The molecule has 0 saturated heterocycles. The number of nitrogens with one attached hydrogen (secondary N) is 1. The average Bonchev–Trinajstić information content (AvgIpc) is 2.74. The third-order valence-electron chi connectivity index (χ3n) is 2.09. The SMILES string of the molecule is Nc1cccc(C(=O)Nc2ccsc2)c1O. The minimum atomic E-state index is -0.372. The van der Waals surface area contributed by atoms with Crippen molar-refractivity contribution in [2.24, 2.45) is 0 Å². The van der Waals surface area contributed by atoms with Crippen molar-refractivity contribution in [2.75, 3.05) is 11.1 Å². The number of phenols is 1. The Bertz CT molecular complexity index is 509. The van der Waals surface area contributed by atoms with Gasteiger partial charge in [0.1, 0.15) is 0 Å². The molecule has 1 aromatic carbocycles. The van der Waals surface area contributed by atoms with E-state index in [9.17, 15) is 9.90 Å². The molecule has 0 fully saturated rings. The van der Waals surface area contributed by atoms with Crippen molar-refractivity contribution in [1.29, 1.82) is 0 Å². The molecule has 1 aromatic heterocycles. The quantitative estimate of drug-likeness (QED) is 0.551. The van der Waals surface area contributed by atoms with Gasteiger partial charge in [-0.25, -0.2) is 0 Å². The number of carbonyl (C=O) groups is 1. The number of aromatic hydroxyl groups is 1. The van der Waals surface area contributed by atoms with Gasteiger partial charge in [0, 0.05) is 5.38 Å². The predicted molar refractivity (Wildman–Crippen MR) is 64.8 cm³/mol. The molecule has 0 spiro atoms. The number of amides is 1. The molecule has 0 aliphatic rings. The summed E-state index contributed by atoms with van der Waals surface area (Å²) in [6.07, 6.45) is 0. The number of anilines is 2. The largest absolute Gasteiger partial charge is 0.505 e. The zero-order valence-corrected chi connectivity index (χ0v) is 9.12. The van der Waals surface area contributed by atoms with Gasteiger partial charge in [0.25, 0.3) is 5.91 Å². The number of rotatable bonds is 2. The Morgan fingerprint density at radius 3 is 2.88 bits per heavy atom.